The second-order valence-electron chi connectivity index (χ2n) is 14.3. The lowest BCUT2D eigenvalue weighted by atomic mass is 9.69. The molecule has 2 aliphatic heterocycles. The summed E-state index contributed by atoms with van der Waals surface area (Å²) in [6.07, 6.45) is 11.1. The van der Waals surface area contributed by atoms with Gasteiger partial charge in [-0.2, -0.15) is 9.97 Å². The zero-order valence-electron chi connectivity index (χ0n) is 28.5. The molecule has 2 aliphatic carbocycles. The van der Waals surface area contributed by atoms with Gasteiger partial charge >= 0.3 is 18.0 Å². The van der Waals surface area contributed by atoms with E-state index in [0.717, 1.165) is 57.9 Å². The number of urea groups is 2. The summed E-state index contributed by atoms with van der Waals surface area (Å²) in [6.45, 7) is 8.33. The standard InChI is InChI=1S/C21H24N6O.C16H23N3O/c1-22-18-23-13-17(14-24-18)27-15-20(25-19(27)28)9-11-21(12-10-20,26(2)3)16-7-5-4-6-8-16;1-19(2)16(13-6-4-3-5-7-13)10-8-15(9-11-16)12-17-14(20)18-15/h4-8,13-14H,9-12,15H2,2-3H3,(H,25,28);3-7H,8-12H2,1-2H3,(H2,17,18,20). The minimum Gasteiger partial charge on any atom is -0.394 e. The fourth-order valence-electron chi connectivity index (χ4n) is 8.36. The normalized spacial score (nSPS) is 29.6. The first-order valence-electron chi connectivity index (χ1n) is 16.9. The second kappa shape index (κ2) is 13.2. The Kier molecular flexibility index (Phi) is 9.16. The van der Waals surface area contributed by atoms with E-state index in [4.69, 9.17) is 6.57 Å². The first-order valence-corrected chi connectivity index (χ1v) is 16.9. The monoisotopic (exact) mass is 649 g/mol. The van der Waals surface area contributed by atoms with Crippen molar-refractivity contribution in [3.63, 3.8) is 0 Å². The molecule has 3 heterocycles. The average molecular weight is 650 g/mol. The molecule has 1 aromatic heterocycles. The van der Waals surface area contributed by atoms with Crippen LogP contribution < -0.4 is 20.9 Å². The molecule has 11 nitrogen and oxygen atoms in total. The Bertz CT molecular complexity index is 1620. The summed E-state index contributed by atoms with van der Waals surface area (Å²) in [7, 11) is 8.61. The van der Waals surface area contributed by atoms with Gasteiger partial charge in [0, 0.05) is 17.6 Å². The zero-order chi connectivity index (χ0) is 34.0. The van der Waals surface area contributed by atoms with Gasteiger partial charge in [-0.3, -0.25) is 14.7 Å². The highest BCUT2D eigenvalue weighted by atomic mass is 16.2. The number of hydrogen-bond donors (Lipinski definition) is 3. The Labute approximate surface area is 283 Å². The van der Waals surface area contributed by atoms with Crippen LogP contribution in [-0.2, 0) is 11.1 Å². The minimum absolute atomic E-state index is 0.00888. The third-order valence-electron chi connectivity index (χ3n) is 11.5. The van der Waals surface area contributed by atoms with E-state index in [1.807, 2.05) is 6.07 Å². The molecule has 4 aliphatic rings. The van der Waals surface area contributed by atoms with Crippen molar-refractivity contribution < 1.29 is 9.59 Å². The van der Waals surface area contributed by atoms with Gasteiger partial charge in [-0.1, -0.05) is 60.7 Å². The molecule has 2 saturated carbocycles. The number of anilines is 1. The van der Waals surface area contributed by atoms with Gasteiger partial charge in [-0.25, -0.2) is 9.59 Å². The summed E-state index contributed by atoms with van der Waals surface area (Å²) < 4.78 is 0. The van der Waals surface area contributed by atoms with Crippen molar-refractivity contribution in [2.75, 3.05) is 46.2 Å². The van der Waals surface area contributed by atoms with Crippen LogP contribution in [0.3, 0.4) is 0 Å². The van der Waals surface area contributed by atoms with Crippen molar-refractivity contribution >= 4 is 23.7 Å². The van der Waals surface area contributed by atoms with Gasteiger partial charge in [-0.05, 0) is 90.7 Å². The third kappa shape index (κ3) is 6.22. The molecular weight excluding hydrogens is 602 g/mol. The predicted molar refractivity (Wildman–Crippen MR) is 187 cm³/mol. The maximum Gasteiger partial charge on any atom is 0.371 e. The summed E-state index contributed by atoms with van der Waals surface area (Å²) in [6, 6.07) is 21.3. The maximum absolute atomic E-state index is 12.7. The molecule has 4 amide bonds. The number of aromatic nitrogens is 2. The van der Waals surface area contributed by atoms with Crippen LogP contribution in [0.1, 0.15) is 62.5 Å². The smallest absolute Gasteiger partial charge is 0.371 e. The maximum atomic E-state index is 12.7. The summed E-state index contributed by atoms with van der Waals surface area (Å²) >= 11 is 0. The largest absolute Gasteiger partial charge is 0.394 e. The Hall–Kier alpha value is -4.53. The first kappa shape index (κ1) is 33.4. The van der Waals surface area contributed by atoms with Crippen LogP contribution in [0.15, 0.2) is 73.1 Å². The molecule has 3 aromatic rings. The molecule has 252 valence electrons. The lowest BCUT2D eigenvalue weighted by molar-refractivity contribution is 0.0652. The van der Waals surface area contributed by atoms with E-state index in [0.29, 0.717) is 12.2 Å². The van der Waals surface area contributed by atoms with Crippen LogP contribution in [-0.4, -0.2) is 84.2 Å². The van der Waals surface area contributed by atoms with E-state index in [2.05, 4.69) is 123 Å². The number of amides is 4. The number of carbonyl (C=O) groups excluding carboxylic acids is 2. The van der Waals surface area contributed by atoms with E-state index in [1.54, 1.807) is 17.3 Å². The van der Waals surface area contributed by atoms with Gasteiger partial charge in [0.1, 0.15) is 18.1 Å². The van der Waals surface area contributed by atoms with Crippen molar-refractivity contribution in [2.24, 2.45) is 0 Å². The quantitative estimate of drug-likeness (QED) is 0.320. The molecule has 2 spiro atoms. The van der Waals surface area contributed by atoms with Crippen LogP contribution in [0.4, 0.5) is 21.2 Å². The molecule has 4 fully saturated rings. The molecule has 0 radical (unpaired) electrons. The Morgan fingerprint density at radius 3 is 1.60 bits per heavy atom. The lowest BCUT2D eigenvalue weighted by Gasteiger charge is -2.48. The fraction of sp³-hybridized carbons (Fsp3) is 0.486. The predicted octanol–water partition coefficient (Wildman–Crippen LogP) is 5.40. The highest BCUT2D eigenvalue weighted by Gasteiger charge is 2.51. The minimum atomic E-state index is -0.232. The van der Waals surface area contributed by atoms with Gasteiger partial charge in [0.25, 0.3) is 0 Å². The highest BCUT2D eigenvalue weighted by Crippen LogP contribution is 2.47. The molecule has 3 N–H and O–H groups in total. The van der Waals surface area contributed by atoms with E-state index >= 15 is 0 Å². The zero-order valence-corrected chi connectivity index (χ0v) is 28.5. The van der Waals surface area contributed by atoms with Crippen molar-refractivity contribution in [1.82, 2.24) is 35.7 Å². The van der Waals surface area contributed by atoms with Crippen molar-refractivity contribution in [2.45, 2.75) is 73.5 Å². The second-order valence-corrected chi connectivity index (χ2v) is 14.3. The summed E-state index contributed by atoms with van der Waals surface area (Å²) in [5.74, 6) is 0.0920. The molecule has 0 unspecified atom stereocenters. The van der Waals surface area contributed by atoms with Gasteiger partial charge < -0.3 is 20.8 Å². The van der Waals surface area contributed by atoms with Gasteiger partial charge in [0.15, 0.2) is 0 Å². The van der Waals surface area contributed by atoms with Crippen LogP contribution in [0.2, 0.25) is 0 Å². The Balaban J connectivity index is 0.000000177. The van der Waals surface area contributed by atoms with E-state index in [9.17, 15) is 9.59 Å². The number of hydrogen-bond acceptors (Lipinski definition) is 6. The van der Waals surface area contributed by atoms with Gasteiger partial charge in [0.05, 0.1) is 17.6 Å². The molecule has 48 heavy (non-hydrogen) atoms. The number of rotatable bonds is 5. The SMILES string of the molecule is CN(C)C1(c2ccccc2)CCC2(CC1)CNC(=O)N2.[C-]#[N+]c1ncc(N2CC3(CCC(c4ccccc4)(N(C)C)CC3)NC2=O)cn1. The average Bonchev–Trinajstić information content (AvgIpc) is 3.64. The van der Waals surface area contributed by atoms with Gasteiger partial charge in [0.2, 0.25) is 0 Å². The van der Waals surface area contributed by atoms with Crippen molar-refractivity contribution in [3.8, 4) is 0 Å². The fourth-order valence-corrected chi connectivity index (χ4v) is 8.36. The molecule has 0 atom stereocenters. The molecule has 7 rings (SSSR count). The number of carbonyl (C=O) groups is 2. The topological polar surface area (TPSA) is 110 Å². The molecule has 0 bridgehead atoms. The molecule has 11 heteroatoms. The van der Waals surface area contributed by atoms with Crippen LogP contribution in [0.5, 0.6) is 0 Å². The number of nitrogens with one attached hydrogen (secondary N) is 3. The summed E-state index contributed by atoms with van der Waals surface area (Å²) in [5, 5.41) is 9.27. The van der Waals surface area contributed by atoms with E-state index in [1.165, 1.54) is 11.1 Å². The van der Waals surface area contributed by atoms with Crippen LogP contribution >= 0.6 is 0 Å². The van der Waals surface area contributed by atoms with E-state index in [-0.39, 0.29) is 40.2 Å². The Morgan fingerprint density at radius 2 is 1.19 bits per heavy atom. The van der Waals surface area contributed by atoms with Gasteiger partial charge in [-0.15, -0.1) is 6.57 Å². The van der Waals surface area contributed by atoms with Crippen LogP contribution in [0.25, 0.3) is 4.85 Å². The summed E-state index contributed by atoms with van der Waals surface area (Å²) in [5.41, 5.74) is 3.19. The number of benzene rings is 2. The first-order chi connectivity index (χ1) is 23.0. The molecular formula is C37H47N9O2. The third-order valence-corrected chi connectivity index (χ3v) is 11.5. The van der Waals surface area contributed by atoms with E-state index < -0.39 is 0 Å². The van der Waals surface area contributed by atoms with Crippen LogP contribution in [0, 0.1) is 6.57 Å². The number of nitrogens with zero attached hydrogens (tertiary/aromatic N) is 6. The highest BCUT2D eigenvalue weighted by molar-refractivity contribution is 5.95. The molecule has 2 aromatic carbocycles. The van der Waals surface area contributed by atoms with Crippen molar-refractivity contribution in [3.05, 3.63) is 95.6 Å². The summed E-state index contributed by atoms with van der Waals surface area (Å²) in [4.78, 5) is 41.7. The lowest BCUT2D eigenvalue weighted by Crippen LogP contribution is -2.54. The Morgan fingerprint density at radius 1 is 0.708 bits per heavy atom. The molecule has 2 saturated heterocycles. The van der Waals surface area contributed by atoms with Crippen molar-refractivity contribution in [1.29, 1.82) is 0 Å².